The number of hydrogen-bond acceptors (Lipinski definition) is 4. The van der Waals surface area contributed by atoms with Crippen molar-refractivity contribution in [2.75, 3.05) is 26.0 Å². The van der Waals surface area contributed by atoms with E-state index < -0.39 is 10.0 Å². The van der Waals surface area contributed by atoms with Crippen LogP contribution in [0.5, 0.6) is 0 Å². The molecule has 6 heteroatoms. The molecule has 1 rings (SSSR count). The second kappa shape index (κ2) is 7.41. The van der Waals surface area contributed by atoms with E-state index in [1.165, 1.54) is 4.31 Å². The van der Waals surface area contributed by atoms with Crippen LogP contribution in [-0.2, 0) is 19.6 Å². The highest BCUT2D eigenvalue weighted by Gasteiger charge is 2.40. The number of nitrogens with zero attached hydrogens (tertiary/aromatic N) is 1. The van der Waals surface area contributed by atoms with Gasteiger partial charge in [0, 0.05) is 13.6 Å². The molecule has 1 fully saturated rings. The van der Waals surface area contributed by atoms with Crippen LogP contribution in [0.2, 0.25) is 0 Å². The van der Waals surface area contributed by atoms with E-state index in [0.717, 1.165) is 12.8 Å². The minimum absolute atomic E-state index is 0.0633. The van der Waals surface area contributed by atoms with Gasteiger partial charge in [0.2, 0.25) is 10.0 Å². The normalized spacial score (nSPS) is 26.9. The number of rotatable bonds is 7. The van der Waals surface area contributed by atoms with Crippen LogP contribution in [0.25, 0.3) is 0 Å². The fraction of sp³-hybridized carbons (Fsp3) is 0.929. The second-order valence-corrected chi connectivity index (χ2v) is 7.68. The van der Waals surface area contributed by atoms with Gasteiger partial charge in [0.15, 0.2) is 0 Å². The lowest BCUT2D eigenvalue weighted by molar-refractivity contribution is -0.149. The molecule has 0 aliphatic heterocycles. The highest BCUT2D eigenvalue weighted by Crippen LogP contribution is 2.40. The molecule has 0 aromatic carbocycles. The van der Waals surface area contributed by atoms with E-state index in [9.17, 15) is 13.2 Å². The van der Waals surface area contributed by atoms with Crippen LogP contribution in [0.1, 0.15) is 40.0 Å². The molecule has 0 spiro atoms. The Hall–Kier alpha value is -0.620. The van der Waals surface area contributed by atoms with Crippen LogP contribution in [0, 0.1) is 17.8 Å². The number of esters is 1. The molecule has 1 aliphatic carbocycles. The summed E-state index contributed by atoms with van der Waals surface area (Å²) in [6.45, 7) is 6.53. The maximum Gasteiger partial charge on any atom is 0.309 e. The molecule has 118 valence electrons. The lowest BCUT2D eigenvalue weighted by atomic mass is 9.94. The average molecular weight is 305 g/mol. The Balaban J connectivity index is 2.70. The lowest BCUT2D eigenvalue weighted by Crippen LogP contribution is -2.31. The standard InChI is InChI=1S/C14H27NO4S/c1-5-12-8-11(9-13(12)14(16)19-7-3)10-20(17,18)15(4)6-2/h11-13H,5-10H2,1-4H3. The van der Waals surface area contributed by atoms with Gasteiger partial charge in [-0.3, -0.25) is 4.79 Å². The van der Waals surface area contributed by atoms with Gasteiger partial charge in [-0.1, -0.05) is 20.3 Å². The molecule has 1 aliphatic rings. The highest BCUT2D eigenvalue weighted by atomic mass is 32.2. The third-order valence-corrected chi connectivity index (χ3v) is 6.37. The van der Waals surface area contributed by atoms with Crippen LogP contribution in [0.3, 0.4) is 0 Å². The van der Waals surface area contributed by atoms with Crippen LogP contribution in [-0.4, -0.2) is 44.6 Å². The van der Waals surface area contributed by atoms with E-state index in [2.05, 4.69) is 0 Å². The number of ether oxygens (including phenoxy) is 1. The number of carbonyl (C=O) groups excluding carboxylic acids is 1. The van der Waals surface area contributed by atoms with E-state index in [4.69, 9.17) is 4.74 Å². The van der Waals surface area contributed by atoms with Crippen molar-refractivity contribution >= 4 is 16.0 Å². The van der Waals surface area contributed by atoms with Crippen LogP contribution in [0.15, 0.2) is 0 Å². The van der Waals surface area contributed by atoms with E-state index in [0.29, 0.717) is 19.6 Å². The zero-order valence-corrected chi connectivity index (χ0v) is 13.8. The third kappa shape index (κ3) is 4.19. The van der Waals surface area contributed by atoms with Gasteiger partial charge in [-0.25, -0.2) is 12.7 Å². The van der Waals surface area contributed by atoms with E-state index in [-0.39, 0.29) is 29.5 Å². The molecule has 0 heterocycles. The minimum atomic E-state index is -3.21. The molecule has 0 amide bonds. The van der Waals surface area contributed by atoms with Gasteiger partial charge in [0.05, 0.1) is 18.3 Å². The SMILES string of the molecule is CCOC(=O)C1CC(CS(=O)(=O)N(C)CC)CC1CC. The van der Waals surface area contributed by atoms with Crippen molar-refractivity contribution in [1.29, 1.82) is 0 Å². The molecule has 3 atom stereocenters. The van der Waals surface area contributed by atoms with E-state index in [1.54, 1.807) is 14.0 Å². The van der Waals surface area contributed by atoms with Gasteiger partial charge in [-0.15, -0.1) is 0 Å². The Labute approximate surface area is 122 Å². The van der Waals surface area contributed by atoms with Crippen molar-refractivity contribution in [3.05, 3.63) is 0 Å². The molecular weight excluding hydrogens is 278 g/mol. The molecule has 0 aromatic heterocycles. The summed E-state index contributed by atoms with van der Waals surface area (Å²) in [5.74, 6) is 0.161. The molecule has 0 aromatic rings. The van der Waals surface area contributed by atoms with Crippen LogP contribution in [0.4, 0.5) is 0 Å². The number of hydrogen-bond donors (Lipinski definition) is 0. The summed E-state index contributed by atoms with van der Waals surface area (Å²) in [7, 11) is -1.60. The smallest absolute Gasteiger partial charge is 0.309 e. The quantitative estimate of drug-likeness (QED) is 0.674. The highest BCUT2D eigenvalue weighted by molar-refractivity contribution is 7.89. The topological polar surface area (TPSA) is 63.7 Å². The van der Waals surface area contributed by atoms with Crippen LogP contribution >= 0.6 is 0 Å². The van der Waals surface area contributed by atoms with Crippen molar-refractivity contribution in [2.24, 2.45) is 17.8 Å². The maximum atomic E-state index is 12.1. The molecule has 0 radical (unpaired) electrons. The van der Waals surface area contributed by atoms with Gasteiger partial charge < -0.3 is 4.74 Å². The number of carbonyl (C=O) groups is 1. The maximum absolute atomic E-state index is 12.1. The van der Waals surface area contributed by atoms with E-state index in [1.807, 2.05) is 13.8 Å². The Morgan fingerprint density at radius 3 is 2.40 bits per heavy atom. The first-order valence-electron chi connectivity index (χ1n) is 7.46. The summed E-state index contributed by atoms with van der Waals surface area (Å²) in [6, 6.07) is 0. The molecular formula is C14H27NO4S. The van der Waals surface area contributed by atoms with E-state index >= 15 is 0 Å². The lowest BCUT2D eigenvalue weighted by Gasteiger charge is -2.17. The molecule has 20 heavy (non-hydrogen) atoms. The van der Waals surface area contributed by atoms with Crippen molar-refractivity contribution < 1.29 is 17.9 Å². The van der Waals surface area contributed by atoms with Gasteiger partial charge in [0.25, 0.3) is 0 Å². The first-order valence-corrected chi connectivity index (χ1v) is 9.07. The van der Waals surface area contributed by atoms with Gasteiger partial charge in [-0.2, -0.15) is 0 Å². The molecule has 0 bridgehead atoms. The Morgan fingerprint density at radius 1 is 1.25 bits per heavy atom. The first-order chi connectivity index (χ1) is 9.35. The predicted octanol–water partition coefficient (Wildman–Crippen LogP) is 1.88. The van der Waals surface area contributed by atoms with Crippen LogP contribution < -0.4 is 0 Å². The Bertz CT molecular complexity index is 421. The molecule has 3 unspecified atom stereocenters. The third-order valence-electron chi connectivity index (χ3n) is 4.27. The second-order valence-electron chi connectivity index (χ2n) is 5.56. The monoisotopic (exact) mass is 305 g/mol. The van der Waals surface area contributed by atoms with Crippen molar-refractivity contribution in [3.8, 4) is 0 Å². The van der Waals surface area contributed by atoms with Gasteiger partial charge >= 0.3 is 5.97 Å². The fourth-order valence-corrected chi connectivity index (χ4v) is 4.50. The van der Waals surface area contributed by atoms with Gasteiger partial charge in [-0.05, 0) is 31.6 Å². The summed E-state index contributed by atoms with van der Waals surface area (Å²) in [5, 5.41) is 0. The molecule has 0 N–H and O–H groups in total. The number of sulfonamides is 1. The predicted molar refractivity (Wildman–Crippen MR) is 78.7 cm³/mol. The first kappa shape index (κ1) is 17.4. The molecule has 5 nitrogen and oxygen atoms in total. The zero-order valence-electron chi connectivity index (χ0n) is 13.0. The minimum Gasteiger partial charge on any atom is -0.466 e. The average Bonchev–Trinajstić information content (AvgIpc) is 2.80. The molecule has 1 saturated carbocycles. The van der Waals surface area contributed by atoms with Crippen molar-refractivity contribution in [2.45, 2.75) is 40.0 Å². The van der Waals surface area contributed by atoms with Crippen molar-refractivity contribution in [1.82, 2.24) is 4.31 Å². The zero-order chi connectivity index (χ0) is 15.3. The summed E-state index contributed by atoms with van der Waals surface area (Å²) >= 11 is 0. The van der Waals surface area contributed by atoms with Crippen molar-refractivity contribution in [3.63, 3.8) is 0 Å². The largest absolute Gasteiger partial charge is 0.466 e. The Morgan fingerprint density at radius 2 is 1.90 bits per heavy atom. The summed E-state index contributed by atoms with van der Waals surface area (Å²) in [5.41, 5.74) is 0. The summed E-state index contributed by atoms with van der Waals surface area (Å²) in [4.78, 5) is 11.9. The summed E-state index contributed by atoms with van der Waals surface area (Å²) < 4.78 is 30.7. The fourth-order valence-electron chi connectivity index (χ4n) is 2.99. The molecule has 0 saturated heterocycles. The Kier molecular flexibility index (Phi) is 6.45. The summed E-state index contributed by atoms with van der Waals surface area (Å²) in [6.07, 6.45) is 2.33. The van der Waals surface area contributed by atoms with Gasteiger partial charge in [0.1, 0.15) is 0 Å².